The molecule has 0 radical (unpaired) electrons. The van der Waals surface area contributed by atoms with Crippen LogP contribution < -0.4 is 5.32 Å². The summed E-state index contributed by atoms with van der Waals surface area (Å²) in [6.07, 6.45) is -5.48. The van der Waals surface area contributed by atoms with Gasteiger partial charge in [0.05, 0.1) is 11.6 Å². The lowest BCUT2D eigenvalue weighted by Gasteiger charge is -2.39. The molecule has 118 valence electrons. The van der Waals surface area contributed by atoms with Crippen molar-refractivity contribution in [1.29, 1.82) is 0 Å². The fourth-order valence-electron chi connectivity index (χ4n) is 2.21. The quantitative estimate of drug-likeness (QED) is 0.789. The van der Waals surface area contributed by atoms with Crippen molar-refractivity contribution in [2.24, 2.45) is 5.41 Å². The highest BCUT2D eigenvalue weighted by Crippen LogP contribution is 2.42. The Morgan fingerprint density at radius 2 is 1.95 bits per heavy atom. The van der Waals surface area contributed by atoms with E-state index in [0.29, 0.717) is 6.07 Å². The molecule has 0 spiro atoms. The average Bonchev–Trinajstić information content (AvgIpc) is 2.31. The summed E-state index contributed by atoms with van der Waals surface area (Å²) in [7, 11) is 0. The van der Waals surface area contributed by atoms with Crippen LogP contribution in [-0.2, 0) is 10.9 Å². The van der Waals surface area contributed by atoms with Crippen molar-refractivity contribution < 1.29 is 27.1 Å². The number of hydrogen-bond acceptors (Lipinski definition) is 2. The zero-order chi connectivity index (χ0) is 15.1. The van der Waals surface area contributed by atoms with E-state index in [2.05, 4.69) is 5.32 Å². The van der Waals surface area contributed by atoms with Crippen molar-refractivity contribution in [3.63, 3.8) is 0 Å². The normalized spacial score (nSPS) is 21.0. The third-order valence-corrected chi connectivity index (χ3v) is 3.25. The van der Waals surface area contributed by atoms with Crippen LogP contribution in [0.25, 0.3) is 0 Å². The Labute approximate surface area is 125 Å². The van der Waals surface area contributed by atoms with Gasteiger partial charge in [-0.15, -0.1) is 12.4 Å². The van der Waals surface area contributed by atoms with E-state index < -0.39 is 35.1 Å². The Bertz CT molecular complexity index is 545. The van der Waals surface area contributed by atoms with E-state index in [-0.39, 0.29) is 24.6 Å². The largest absolute Gasteiger partial charge is 0.449 e. The lowest BCUT2D eigenvalue weighted by atomic mass is 9.79. The molecule has 0 bridgehead atoms. The van der Waals surface area contributed by atoms with Crippen LogP contribution in [0, 0.1) is 11.2 Å². The summed E-state index contributed by atoms with van der Waals surface area (Å²) in [6.45, 7) is 3.32. The Kier molecular flexibility index (Phi) is 4.77. The summed E-state index contributed by atoms with van der Waals surface area (Å²) in [5, 5.41) is 2.37. The van der Waals surface area contributed by atoms with Crippen LogP contribution in [0.15, 0.2) is 18.2 Å². The van der Waals surface area contributed by atoms with E-state index in [0.717, 1.165) is 12.1 Å². The molecule has 0 saturated carbocycles. The standard InChI is InChI=1S/C13H13F4NO2.ClH/c1-12(2)6-20-11(19)18-10(12)8-4-3-7(14)5-9(8)13(15,16)17;/h3-5,10H,6H2,1-2H3,(H,18,19);1H/t10-;/m0./s1. The van der Waals surface area contributed by atoms with Crippen LogP contribution in [0.3, 0.4) is 0 Å². The number of benzene rings is 1. The number of carbonyl (C=O) groups excluding carboxylic acids is 1. The van der Waals surface area contributed by atoms with Gasteiger partial charge in [0.25, 0.3) is 0 Å². The number of halogens is 5. The van der Waals surface area contributed by atoms with Crippen LogP contribution in [0.2, 0.25) is 0 Å². The molecule has 21 heavy (non-hydrogen) atoms. The first kappa shape index (κ1) is 17.6. The Balaban J connectivity index is 0.00000220. The molecule has 0 aliphatic carbocycles. The second kappa shape index (κ2) is 5.71. The maximum absolute atomic E-state index is 13.1. The van der Waals surface area contributed by atoms with Gasteiger partial charge in [-0.3, -0.25) is 0 Å². The second-order valence-corrected chi connectivity index (χ2v) is 5.37. The minimum Gasteiger partial charge on any atom is -0.449 e. The lowest BCUT2D eigenvalue weighted by Crippen LogP contribution is -2.47. The van der Waals surface area contributed by atoms with Gasteiger partial charge in [-0.2, -0.15) is 13.2 Å². The first-order valence-electron chi connectivity index (χ1n) is 5.91. The van der Waals surface area contributed by atoms with Crippen molar-refractivity contribution in [3.05, 3.63) is 35.1 Å². The molecular formula is C13H14ClF4NO2. The number of carbonyl (C=O) groups is 1. The molecule has 1 amide bonds. The molecular weight excluding hydrogens is 314 g/mol. The minimum atomic E-state index is -4.70. The Morgan fingerprint density at radius 3 is 2.52 bits per heavy atom. The molecule has 1 saturated heterocycles. The first-order chi connectivity index (χ1) is 9.11. The zero-order valence-electron chi connectivity index (χ0n) is 11.3. The number of ether oxygens (including phenoxy) is 1. The highest BCUT2D eigenvalue weighted by atomic mass is 35.5. The number of alkyl halides is 3. The van der Waals surface area contributed by atoms with Gasteiger partial charge in [0, 0.05) is 5.41 Å². The molecule has 1 atom stereocenters. The minimum absolute atomic E-state index is 0. The fraction of sp³-hybridized carbons (Fsp3) is 0.462. The molecule has 3 nitrogen and oxygen atoms in total. The molecule has 1 fully saturated rings. The van der Waals surface area contributed by atoms with Crippen molar-refractivity contribution in [2.75, 3.05) is 6.61 Å². The van der Waals surface area contributed by atoms with Gasteiger partial charge in [0.1, 0.15) is 12.4 Å². The summed E-state index contributed by atoms with van der Waals surface area (Å²) < 4.78 is 57.0. The molecule has 2 rings (SSSR count). The predicted octanol–water partition coefficient (Wildman–Crippen LogP) is 4.07. The number of alkyl carbamates (subject to hydrolysis) is 1. The van der Waals surface area contributed by atoms with Crippen molar-refractivity contribution in [2.45, 2.75) is 26.1 Å². The van der Waals surface area contributed by atoms with Gasteiger partial charge in [0.2, 0.25) is 0 Å². The van der Waals surface area contributed by atoms with Gasteiger partial charge in [-0.1, -0.05) is 19.9 Å². The van der Waals surface area contributed by atoms with Gasteiger partial charge in [-0.05, 0) is 17.7 Å². The molecule has 0 unspecified atom stereocenters. The average molecular weight is 328 g/mol. The van der Waals surface area contributed by atoms with E-state index in [1.807, 2.05) is 0 Å². The number of amides is 1. The molecule has 1 aliphatic rings. The molecule has 1 aliphatic heterocycles. The molecule has 1 aromatic carbocycles. The SMILES string of the molecule is CC1(C)COC(=O)N[C@H]1c1ccc(F)cc1C(F)(F)F.Cl. The maximum atomic E-state index is 13.1. The smallest absolute Gasteiger partial charge is 0.416 e. The Morgan fingerprint density at radius 1 is 1.33 bits per heavy atom. The third-order valence-electron chi connectivity index (χ3n) is 3.25. The monoisotopic (exact) mass is 327 g/mol. The molecule has 0 aromatic heterocycles. The molecule has 1 heterocycles. The third kappa shape index (κ3) is 3.58. The molecule has 1 aromatic rings. The highest BCUT2D eigenvalue weighted by molar-refractivity contribution is 5.85. The zero-order valence-corrected chi connectivity index (χ0v) is 12.1. The summed E-state index contributed by atoms with van der Waals surface area (Å²) in [5.74, 6) is -0.975. The van der Waals surface area contributed by atoms with Gasteiger partial charge in [0.15, 0.2) is 0 Å². The topological polar surface area (TPSA) is 38.3 Å². The van der Waals surface area contributed by atoms with Crippen LogP contribution in [0.1, 0.15) is 31.0 Å². The lowest BCUT2D eigenvalue weighted by molar-refractivity contribution is -0.139. The molecule has 8 heteroatoms. The second-order valence-electron chi connectivity index (χ2n) is 5.37. The number of nitrogens with one attached hydrogen (secondary N) is 1. The predicted molar refractivity (Wildman–Crippen MR) is 69.7 cm³/mol. The van der Waals surface area contributed by atoms with Gasteiger partial charge < -0.3 is 10.1 Å². The van der Waals surface area contributed by atoms with Gasteiger partial charge in [-0.25, -0.2) is 9.18 Å². The van der Waals surface area contributed by atoms with E-state index in [1.165, 1.54) is 0 Å². The van der Waals surface area contributed by atoms with Crippen LogP contribution in [-0.4, -0.2) is 12.7 Å². The number of cyclic esters (lactones) is 1. The Hall–Kier alpha value is -1.50. The molecule has 1 N–H and O–H groups in total. The van der Waals surface area contributed by atoms with E-state index in [4.69, 9.17) is 4.74 Å². The van der Waals surface area contributed by atoms with E-state index in [9.17, 15) is 22.4 Å². The van der Waals surface area contributed by atoms with Gasteiger partial charge >= 0.3 is 12.3 Å². The summed E-state index contributed by atoms with van der Waals surface area (Å²) in [4.78, 5) is 11.3. The van der Waals surface area contributed by atoms with Crippen molar-refractivity contribution >= 4 is 18.5 Å². The number of hydrogen-bond donors (Lipinski definition) is 1. The van der Waals surface area contributed by atoms with Crippen LogP contribution in [0.4, 0.5) is 22.4 Å². The maximum Gasteiger partial charge on any atom is 0.416 e. The number of rotatable bonds is 1. The summed E-state index contributed by atoms with van der Waals surface area (Å²) >= 11 is 0. The van der Waals surface area contributed by atoms with Crippen molar-refractivity contribution in [3.8, 4) is 0 Å². The van der Waals surface area contributed by atoms with Crippen LogP contribution >= 0.6 is 12.4 Å². The highest BCUT2D eigenvalue weighted by Gasteiger charge is 2.43. The van der Waals surface area contributed by atoms with E-state index >= 15 is 0 Å². The first-order valence-corrected chi connectivity index (χ1v) is 5.91. The summed E-state index contributed by atoms with van der Waals surface area (Å²) in [5.41, 5.74) is -2.00. The fourth-order valence-corrected chi connectivity index (χ4v) is 2.21. The summed E-state index contributed by atoms with van der Waals surface area (Å²) in [6, 6.07) is 1.53. The van der Waals surface area contributed by atoms with Crippen molar-refractivity contribution in [1.82, 2.24) is 5.32 Å². The van der Waals surface area contributed by atoms with Crippen LogP contribution in [0.5, 0.6) is 0 Å². The van der Waals surface area contributed by atoms with E-state index in [1.54, 1.807) is 13.8 Å².